The lowest BCUT2D eigenvalue weighted by atomic mass is 10.1. The number of hydrogen-bond donors (Lipinski definition) is 2. The minimum Gasteiger partial charge on any atom is -0.382 e. The second-order valence-electron chi connectivity index (χ2n) is 4.29. The highest BCUT2D eigenvalue weighted by molar-refractivity contribution is 5.98. The summed E-state index contributed by atoms with van der Waals surface area (Å²) in [6.45, 7) is 4.33. The molecule has 2 rings (SSSR count). The van der Waals surface area contributed by atoms with Crippen molar-refractivity contribution in [3.63, 3.8) is 0 Å². The highest BCUT2D eigenvalue weighted by Crippen LogP contribution is 2.26. The summed E-state index contributed by atoms with van der Waals surface area (Å²) in [5.41, 5.74) is 7.16. The summed E-state index contributed by atoms with van der Waals surface area (Å²) >= 11 is 0. The quantitative estimate of drug-likeness (QED) is 0.598. The lowest BCUT2D eigenvalue weighted by Crippen LogP contribution is -2.25. The molecule has 2 heterocycles. The van der Waals surface area contributed by atoms with Crippen LogP contribution in [0.3, 0.4) is 0 Å². The Hall–Kier alpha value is -1.58. The van der Waals surface area contributed by atoms with Gasteiger partial charge >= 0.3 is 0 Å². The summed E-state index contributed by atoms with van der Waals surface area (Å²) in [5, 5.41) is 7.52. The third-order valence-electron chi connectivity index (χ3n) is 3.25. The Morgan fingerprint density at radius 3 is 3.12 bits per heavy atom. The molecule has 4 nitrogen and oxygen atoms in total. The Kier molecular flexibility index (Phi) is 3.08. The van der Waals surface area contributed by atoms with Crippen LogP contribution in [0.5, 0.6) is 0 Å². The van der Waals surface area contributed by atoms with E-state index in [-0.39, 0.29) is 5.84 Å². The largest absolute Gasteiger partial charge is 0.382 e. The van der Waals surface area contributed by atoms with E-state index in [9.17, 15) is 0 Å². The first-order valence-corrected chi connectivity index (χ1v) is 5.76. The van der Waals surface area contributed by atoms with Gasteiger partial charge in [0.2, 0.25) is 0 Å². The second-order valence-corrected chi connectivity index (χ2v) is 4.29. The molecule has 0 aliphatic carbocycles. The molecular formula is C12H18N4. The number of nitrogens with one attached hydrogen (secondary N) is 1. The summed E-state index contributed by atoms with van der Waals surface area (Å²) in [7, 11) is 0. The third kappa shape index (κ3) is 2.01. The van der Waals surface area contributed by atoms with Crippen LogP contribution in [0.25, 0.3) is 0 Å². The van der Waals surface area contributed by atoms with Crippen molar-refractivity contribution in [3.8, 4) is 0 Å². The summed E-state index contributed by atoms with van der Waals surface area (Å²) in [6.07, 6.45) is 4.13. The Labute approximate surface area is 96.0 Å². The lowest BCUT2D eigenvalue weighted by Gasteiger charge is -2.20. The fraction of sp³-hybridized carbons (Fsp3) is 0.500. The zero-order valence-electron chi connectivity index (χ0n) is 9.61. The van der Waals surface area contributed by atoms with Crippen molar-refractivity contribution in [1.29, 1.82) is 5.41 Å². The van der Waals surface area contributed by atoms with Gasteiger partial charge in [0.25, 0.3) is 0 Å². The number of pyridine rings is 1. The van der Waals surface area contributed by atoms with Gasteiger partial charge in [0, 0.05) is 19.3 Å². The molecule has 3 N–H and O–H groups in total. The van der Waals surface area contributed by atoms with Gasteiger partial charge in [-0.2, -0.15) is 0 Å². The van der Waals surface area contributed by atoms with Crippen LogP contribution < -0.4 is 10.6 Å². The predicted octanol–water partition coefficient (Wildman–Crippen LogP) is 1.60. The van der Waals surface area contributed by atoms with E-state index in [1.807, 2.05) is 12.1 Å². The van der Waals surface area contributed by atoms with Gasteiger partial charge in [0.1, 0.15) is 11.5 Å². The van der Waals surface area contributed by atoms with E-state index >= 15 is 0 Å². The Morgan fingerprint density at radius 2 is 2.50 bits per heavy atom. The number of aromatic nitrogens is 1. The minimum atomic E-state index is 0.0514. The fourth-order valence-electron chi connectivity index (χ4n) is 2.24. The van der Waals surface area contributed by atoms with E-state index in [1.165, 1.54) is 12.8 Å². The van der Waals surface area contributed by atoms with Crippen LogP contribution in [0.2, 0.25) is 0 Å². The molecule has 0 radical (unpaired) electrons. The van der Waals surface area contributed by atoms with E-state index in [1.54, 1.807) is 6.20 Å². The number of amidine groups is 1. The maximum absolute atomic E-state index is 7.52. The normalized spacial score (nSPS) is 20.1. The molecule has 1 saturated heterocycles. The van der Waals surface area contributed by atoms with Gasteiger partial charge in [-0.05, 0) is 24.5 Å². The molecule has 1 aliphatic heterocycles. The minimum absolute atomic E-state index is 0.0514. The molecule has 16 heavy (non-hydrogen) atoms. The number of hydrogen-bond acceptors (Lipinski definition) is 3. The molecule has 1 aromatic rings. The maximum Gasteiger partial charge on any atom is 0.143 e. The Morgan fingerprint density at radius 1 is 1.69 bits per heavy atom. The molecule has 4 heteroatoms. The second kappa shape index (κ2) is 4.51. The van der Waals surface area contributed by atoms with E-state index in [2.05, 4.69) is 16.8 Å². The van der Waals surface area contributed by atoms with Crippen molar-refractivity contribution < 1.29 is 0 Å². The molecule has 1 atom stereocenters. The third-order valence-corrected chi connectivity index (χ3v) is 3.25. The first kappa shape index (κ1) is 10.9. The Balaban J connectivity index is 2.24. The van der Waals surface area contributed by atoms with E-state index in [0.29, 0.717) is 5.69 Å². The van der Waals surface area contributed by atoms with Gasteiger partial charge in [-0.15, -0.1) is 0 Å². The fourth-order valence-corrected chi connectivity index (χ4v) is 2.24. The van der Waals surface area contributed by atoms with Crippen molar-refractivity contribution >= 4 is 11.5 Å². The zero-order valence-corrected chi connectivity index (χ0v) is 9.61. The van der Waals surface area contributed by atoms with E-state index < -0.39 is 0 Å². The van der Waals surface area contributed by atoms with Gasteiger partial charge in [-0.25, -0.2) is 0 Å². The number of nitrogens with zero attached hydrogens (tertiary/aromatic N) is 2. The molecule has 0 amide bonds. The summed E-state index contributed by atoms with van der Waals surface area (Å²) in [6, 6.07) is 3.91. The van der Waals surface area contributed by atoms with E-state index in [0.717, 1.165) is 24.7 Å². The van der Waals surface area contributed by atoms with Crippen molar-refractivity contribution in [3.05, 3.63) is 24.0 Å². The highest BCUT2D eigenvalue weighted by atomic mass is 15.2. The molecule has 1 aliphatic rings. The van der Waals surface area contributed by atoms with Crippen molar-refractivity contribution in [2.45, 2.75) is 19.8 Å². The van der Waals surface area contributed by atoms with Crippen molar-refractivity contribution in [1.82, 2.24) is 4.98 Å². The van der Waals surface area contributed by atoms with Crippen molar-refractivity contribution in [2.75, 3.05) is 18.0 Å². The number of nitrogens with two attached hydrogens (primary N) is 1. The SMILES string of the molecule is CCC1CCN(c2cccnc2C(=N)N)C1. The van der Waals surface area contributed by atoms with Gasteiger partial charge in [-0.3, -0.25) is 10.4 Å². The number of anilines is 1. The maximum atomic E-state index is 7.52. The topological polar surface area (TPSA) is 66.0 Å². The molecule has 0 saturated carbocycles. The van der Waals surface area contributed by atoms with Crippen LogP contribution in [-0.2, 0) is 0 Å². The predicted molar refractivity (Wildman–Crippen MR) is 65.9 cm³/mol. The summed E-state index contributed by atoms with van der Waals surface area (Å²) in [4.78, 5) is 6.47. The van der Waals surface area contributed by atoms with Gasteiger partial charge in [0.05, 0.1) is 5.69 Å². The average molecular weight is 218 g/mol. The average Bonchev–Trinajstić information content (AvgIpc) is 2.77. The Bertz CT molecular complexity index is 388. The number of rotatable bonds is 3. The van der Waals surface area contributed by atoms with Crippen molar-refractivity contribution in [2.24, 2.45) is 11.7 Å². The molecule has 1 aromatic heterocycles. The first-order chi connectivity index (χ1) is 7.72. The smallest absolute Gasteiger partial charge is 0.143 e. The molecule has 86 valence electrons. The zero-order chi connectivity index (χ0) is 11.5. The summed E-state index contributed by atoms with van der Waals surface area (Å²) in [5.74, 6) is 0.815. The summed E-state index contributed by atoms with van der Waals surface area (Å²) < 4.78 is 0. The van der Waals surface area contributed by atoms with Crippen LogP contribution in [0.15, 0.2) is 18.3 Å². The van der Waals surface area contributed by atoms with Crippen LogP contribution in [0, 0.1) is 11.3 Å². The van der Waals surface area contributed by atoms with Crippen LogP contribution in [0.4, 0.5) is 5.69 Å². The molecule has 0 bridgehead atoms. The molecule has 1 unspecified atom stereocenters. The van der Waals surface area contributed by atoms with E-state index in [4.69, 9.17) is 11.1 Å². The van der Waals surface area contributed by atoms with Crippen LogP contribution in [-0.4, -0.2) is 23.9 Å². The van der Waals surface area contributed by atoms with Gasteiger partial charge in [0.15, 0.2) is 0 Å². The highest BCUT2D eigenvalue weighted by Gasteiger charge is 2.23. The van der Waals surface area contributed by atoms with Gasteiger partial charge in [-0.1, -0.05) is 13.3 Å². The molecule has 1 fully saturated rings. The van der Waals surface area contributed by atoms with Crippen LogP contribution >= 0.6 is 0 Å². The molecule has 0 aromatic carbocycles. The first-order valence-electron chi connectivity index (χ1n) is 5.76. The van der Waals surface area contributed by atoms with Gasteiger partial charge < -0.3 is 10.6 Å². The standard InChI is InChI=1S/C12H18N4/c1-2-9-5-7-16(8-9)10-4-3-6-15-11(10)12(13)14/h3-4,6,9H,2,5,7-8H2,1H3,(H3,13,14). The molecule has 0 spiro atoms. The number of nitrogen functional groups attached to an aromatic ring is 1. The monoisotopic (exact) mass is 218 g/mol. The van der Waals surface area contributed by atoms with Crippen LogP contribution in [0.1, 0.15) is 25.5 Å². The molecular weight excluding hydrogens is 200 g/mol. The lowest BCUT2D eigenvalue weighted by molar-refractivity contribution is 0.569.